The Hall–Kier alpha value is -2.86. The molecular weight excluding hydrogens is 341 g/mol. The fourth-order valence-corrected chi connectivity index (χ4v) is 2.74. The summed E-state index contributed by atoms with van der Waals surface area (Å²) in [6.07, 6.45) is 2.52. The summed E-state index contributed by atoms with van der Waals surface area (Å²) in [5.74, 6) is 1.11. The molecule has 3 rings (SSSR count). The van der Waals surface area contributed by atoms with Gasteiger partial charge in [-0.1, -0.05) is 25.1 Å². The Kier molecular flexibility index (Phi) is 6.08. The highest BCUT2D eigenvalue weighted by molar-refractivity contribution is 5.53. The van der Waals surface area contributed by atoms with E-state index in [1.807, 2.05) is 62.3 Å². The number of hydrogen-bond acceptors (Lipinski definition) is 5. The van der Waals surface area contributed by atoms with Crippen molar-refractivity contribution in [3.8, 4) is 11.5 Å². The van der Waals surface area contributed by atoms with Crippen LogP contribution in [0.3, 0.4) is 0 Å². The Labute approximate surface area is 159 Å². The van der Waals surface area contributed by atoms with Gasteiger partial charge in [-0.3, -0.25) is 4.98 Å². The van der Waals surface area contributed by atoms with Gasteiger partial charge >= 0.3 is 0 Å². The summed E-state index contributed by atoms with van der Waals surface area (Å²) in [5.41, 5.74) is 3.22. The van der Waals surface area contributed by atoms with Crippen LogP contribution in [0.1, 0.15) is 23.7 Å². The van der Waals surface area contributed by atoms with E-state index in [-0.39, 0.29) is 5.82 Å². The van der Waals surface area contributed by atoms with Crippen LogP contribution in [0.4, 0.5) is 10.2 Å². The Balaban J connectivity index is 1.77. The first-order valence-corrected chi connectivity index (χ1v) is 9.00. The SMILES string of the molecule is CCc1cc(NCc2ccc(CN(C)C)c(F)c2)nc(-c2ccccn2)n1. The molecule has 0 fully saturated rings. The quantitative estimate of drug-likeness (QED) is 0.688. The van der Waals surface area contributed by atoms with Crippen molar-refractivity contribution in [2.75, 3.05) is 19.4 Å². The molecule has 0 amide bonds. The third kappa shape index (κ3) is 5.08. The summed E-state index contributed by atoms with van der Waals surface area (Å²) < 4.78 is 14.3. The fraction of sp³-hybridized carbons (Fsp3) is 0.286. The van der Waals surface area contributed by atoms with E-state index >= 15 is 0 Å². The topological polar surface area (TPSA) is 53.9 Å². The minimum atomic E-state index is -0.186. The molecule has 0 aliphatic carbocycles. The van der Waals surface area contributed by atoms with Gasteiger partial charge in [0.15, 0.2) is 5.82 Å². The molecule has 27 heavy (non-hydrogen) atoms. The van der Waals surface area contributed by atoms with Gasteiger partial charge in [0.05, 0.1) is 0 Å². The number of nitrogens with zero attached hydrogens (tertiary/aromatic N) is 4. The lowest BCUT2D eigenvalue weighted by Gasteiger charge is -2.12. The summed E-state index contributed by atoms with van der Waals surface area (Å²) in [4.78, 5) is 15.4. The van der Waals surface area contributed by atoms with Gasteiger partial charge in [0.1, 0.15) is 17.3 Å². The molecule has 6 heteroatoms. The van der Waals surface area contributed by atoms with Crippen LogP contribution in [0, 0.1) is 5.82 Å². The predicted molar refractivity (Wildman–Crippen MR) is 106 cm³/mol. The van der Waals surface area contributed by atoms with Crippen molar-refractivity contribution in [1.82, 2.24) is 19.9 Å². The minimum absolute atomic E-state index is 0.186. The number of aryl methyl sites for hydroxylation is 1. The molecule has 140 valence electrons. The number of anilines is 1. The fourth-order valence-electron chi connectivity index (χ4n) is 2.74. The first-order valence-electron chi connectivity index (χ1n) is 9.00. The molecule has 0 spiro atoms. The molecule has 2 heterocycles. The maximum atomic E-state index is 14.3. The van der Waals surface area contributed by atoms with Crippen LogP contribution < -0.4 is 5.32 Å². The van der Waals surface area contributed by atoms with Crippen molar-refractivity contribution in [1.29, 1.82) is 0 Å². The van der Waals surface area contributed by atoms with E-state index in [9.17, 15) is 4.39 Å². The molecule has 0 aliphatic heterocycles. The highest BCUT2D eigenvalue weighted by Gasteiger charge is 2.08. The van der Waals surface area contributed by atoms with Crippen LogP contribution in [0.25, 0.3) is 11.5 Å². The highest BCUT2D eigenvalue weighted by Crippen LogP contribution is 2.18. The molecular formula is C21H24FN5. The number of pyridine rings is 1. The zero-order valence-electron chi connectivity index (χ0n) is 15.9. The van der Waals surface area contributed by atoms with Crippen LogP contribution in [-0.4, -0.2) is 33.9 Å². The Morgan fingerprint density at radius 2 is 1.93 bits per heavy atom. The number of benzene rings is 1. The molecule has 3 aromatic rings. The van der Waals surface area contributed by atoms with Crippen LogP contribution >= 0.6 is 0 Å². The molecule has 0 saturated heterocycles. The molecule has 0 radical (unpaired) electrons. The van der Waals surface area contributed by atoms with E-state index in [2.05, 4.69) is 20.3 Å². The van der Waals surface area contributed by atoms with Crippen molar-refractivity contribution in [3.05, 3.63) is 71.3 Å². The molecule has 2 aromatic heterocycles. The Morgan fingerprint density at radius 1 is 1.07 bits per heavy atom. The molecule has 0 unspecified atom stereocenters. The van der Waals surface area contributed by atoms with Gasteiger partial charge in [-0.05, 0) is 44.3 Å². The number of nitrogens with one attached hydrogen (secondary N) is 1. The molecule has 0 atom stereocenters. The summed E-state index contributed by atoms with van der Waals surface area (Å²) in [6, 6.07) is 12.9. The summed E-state index contributed by atoms with van der Waals surface area (Å²) >= 11 is 0. The van der Waals surface area contributed by atoms with Crippen LogP contribution in [0.2, 0.25) is 0 Å². The van der Waals surface area contributed by atoms with E-state index in [0.717, 1.165) is 23.4 Å². The highest BCUT2D eigenvalue weighted by atomic mass is 19.1. The summed E-state index contributed by atoms with van der Waals surface area (Å²) in [5, 5.41) is 3.28. The number of hydrogen-bond donors (Lipinski definition) is 1. The van der Waals surface area contributed by atoms with Crippen molar-refractivity contribution in [2.24, 2.45) is 0 Å². The lowest BCUT2D eigenvalue weighted by Crippen LogP contribution is -2.12. The van der Waals surface area contributed by atoms with Gasteiger partial charge in [-0.2, -0.15) is 0 Å². The Morgan fingerprint density at radius 3 is 2.59 bits per heavy atom. The normalized spacial score (nSPS) is 11.0. The third-order valence-electron chi connectivity index (χ3n) is 4.11. The second kappa shape index (κ2) is 8.68. The summed E-state index contributed by atoms with van der Waals surface area (Å²) in [6.45, 7) is 3.12. The lowest BCUT2D eigenvalue weighted by atomic mass is 10.1. The van der Waals surface area contributed by atoms with Gasteiger partial charge in [0, 0.05) is 36.6 Å². The first-order chi connectivity index (χ1) is 13.0. The third-order valence-corrected chi connectivity index (χ3v) is 4.11. The molecule has 1 N–H and O–H groups in total. The van der Waals surface area contributed by atoms with E-state index in [4.69, 9.17) is 0 Å². The van der Waals surface area contributed by atoms with E-state index in [1.165, 1.54) is 0 Å². The summed E-state index contributed by atoms with van der Waals surface area (Å²) in [7, 11) is 3.85. The zero-order chi connectivity index (χ0) is 19.2. The maximum Gasteiger partial charge on any atom is 0.180 e. The second-order valence-electron chi connectivity index (χ2n) is 6.65. The van der Waals surface area contributed by atoms with Crippen LogP contribution in [-0.2, 0) is 19.5 Å². The number of aromatic nitrogens is 3. The van der Waals surface area contributed by atoms with Gasteiger partial charge in [-0.15, -0.1) is 0 Å². The van der Waals surface area contributed by atoms with E-state index < -0.39 is 0 Å². The predicted octanol–water partition coefficient (Wildman–Crippen LogP) is 3.91. The van der Waals surface area contributed by atoms with Gasteiger partial charge in [0.25, 0.3) is 0 Å². The van der Waals surface area contributed by atoms with Crippen LogP contribution in [0.5, 0.6) is 0 Å². The molecule has 0 aliphatic rings. The lowest BCUT2D eigenvalue weighted by molar-refractivity contribution is 0.392. The Bertz CT molecular complexity index is 896. The van der Waals surface area contributed by atoms with Crippen molar-refractivity contribution in [2.45, 2.75) is 26.4 Å². The standard InChI is InChI=1S/C21H24FN5/c1-4-17-12-20(26-21(25-17)19-7-5-6-10-23-19)24-13-15-8-9-16(14-27(2)3)18(22)11-15/h5-12H,4,13-14H2,1-3H3,(H,24,25,26). The maximum absolute atomic E-state index is 14.3. The van der Waals surface area contributed by atoms with Crippen LogP contribution in [0.15, 0.2) is 48.7 Å². The monoisotopic (exact) mass is 365 g/mol. The average molecular weight is 365 g/mol. The molecule has 5 nitrogen and oxygen atoms in total. The van der Waals surface area contributed by atoms with Gasteiger partial charge in [0.2, 0.25) is 0 Å². The second-order valence-corrected chi connectivity index (χ2v) is 6.65. The van der Waals surface area contributed by atoms with Crippen molar-refractivity contribution in [3.63, 3.8) is 0 Å². The van der Waals surface area contributed by atoms with Crippen molar-refractivity contribution >= 4 is 5.82 Å². The largest absolute Gasteiger partial charge is 0.366 e. The number of halogens is 1. The van der Waals surface area contributed by atoms with Gasteiger partial charge < -0.3 is 10.2 Å². The zero-order valence-corrected chi connectivity index (χ0v) is 15.9. The van der Waals surface area contributed by atoms with Crippen molar-refractivity contribution < 1.29 is 4.39 Å². The number of rotatable bonds is 7. The van der Waals surface area contributed by atoms with E-state index in [0.29, 0.717) is 30.3 Å². The molecule has 0 bridgehead atoms. The molecule has 1 aromatic carbocycles. The first kappa shape index (κ1) is 18.9. The smallest absolute Gasteiger partial charge is 0.180 e. The van der Waals surface area contributed by atoms with Gasteiger partial charge in [-0.25, -0.2) is 14.4 Å². The molecule has 0 saturated carbocycles. The average Bonchev–Trinajstić information content (AvgIpc) is 2.68. The minimum Gasteiger partial charge on any atom is -0.366 e. The van der Waals surface area contributed by atoms with E-state index in [1.54, 1.807) is 12.3 Å².